The number of aliphatic hydroxyl groups is 1. The van der Waals surface area contributed by atoms with Gasteiger partial charge >= 0.3 is 0 Å². The summed E-state index contributed by atoms with van der Waals surface area (Å²) in [6.07, 6.45) is -0.261. The maximum atomic E-state index is 12.9. The molecule has 142 valence electrons. The van der Waals surface area contributed by atoms with Gasteiger partial charge in [0.2, 0.25) is 0 Å². The average molecular weight is 408 g/mol. The lowest BCUT2D eigenvalue weighted by Crippen LogP contribution is -2.43. The topological polar surface area (TPSA) is 66.8 Å². The van der Waals surface area contributed by atoms with Gasteiger partial charge in [-0.1, -0.05) is 40.9 Å². The Balaban J connectivity index is 1.81. The minimum Gasteiger partial charge on any atom is -0.490 e. The number of fused-ring (bicyclic) bond motifs is 1. The molecule has 5 nitrogen and oxygen atoms in total. The molecule has 2 aromatic rings. The number of amides is 1. The van der Waals surface area contributed by atoms with E-state index in [9.17, 15) is 14.7 Å². The Labute approximate surface area is 167 Å². The third kappa shape index (κ3) is 3.81. The van der Waals surface area contributed by atoms with Gasteiger partial charge in [0.25, 0.3) is 5.91 Å². The zero-order chi connectivity index (χ0) is 19.8. The molecule has 7 heteroatoms. The fourth-order valence-electron chi connectivity index (χ4n) is 3.26. The molecule has 0 bridgehead atoms. The van der Waals surface area contributed by atoms with Crippen LogP contribution in [0.4, 0.5) is 5.69 Å². The summed E-state index contributed by atoms with van der Waals surface area (Å²) in [7, 11) is 0. The number of halogens is 2. The molecule has 0 saturated carbocycles. The Morgan fingerprint density at radius 2 is 1.96 bits per heavy atom. The third-order valence-corrected chi connectivity index (χ3v) is 4.99. The van der Waals surface area contributed by atoms with E-state index in [1.165, 1.54) is 11.8 Å². The first-order chi connectivity index (χ1) is 12.7. The van der Waals surface area contributed by atoms with Gasteiger partial charge in [0.1, 0.15) is 18.1 Å². The maximum Gasteiger partial charge on any atom is 0.264 e. The van der Waals surface area contributed by atoms with Gasteiger partial charge in [0, 0.05) is 17.0 Å². The van der Waals surface area contributed by atoms with Gasteiger partial charge in [-0.2, -0.15) is 0 Å². The maximum absolute atomic E-state index is 12.9. The highest BCUT2D eigenvalue weighted by molar-refractivity contribution is 6.35. The number of ketones is 1. The molecule has 0 spiro atoms. The quantitative estimate of drug-likeness (QED) is 0.788. The Kier molecular flexibility index (Phi) is 5.47. The van der Waals surface area contributed by atoms with E-state index in [0.29, 0.717) is 27.0 Å². The second kappa shape index (κ2) is 7.50. The number of carbonyl (C=O) groups excluding carboxylic acids is 2. The van der Waals surface area contributed by atoms with Crippen LogP contribution in [0.15, 0.2) is 36.4 Å². The van der Waals surface area contributed by atoms with E-state index in [1.807, 2.05) is 13.0 Å². The number of hydrogen-bond donors (Lipinski definition) is 1. The lowest BCUT2D eigenvalue weighted by atomic mass is 9.89. The summed E-state index contributed by atoms with van der Waals surface area (Å²) in [4.78, 5) is 26.0. The molecular formula is C20H19Cl2NO4. The number of hydrogen-bond acceptors (Lipinski definition) is 4. The van der Waals surface area contributed by atoms with E-state index in [2.05, 4.69) is 0 Å². The van der Waals surface area contributed by atoms with E-state index in [-0.39, 0.29) is 25.4 Å². The van der Waals surface area contributed by atoms with E-state index in [0.717, 1.165) is 5.56 Å². The van der Waals surface area contributed by atoms with Crippen molar-refractivity contribution in [1.82, 2.24) is 0 Å². The second-order valence-electron chi connectivity index (χ2n) is 6.64. The second-order valence-corrected chi connectivity index (χ2v) is 7.48. The van der Waals surface area contributed by atoms with Crippen LogP contribution in [0.2, 0.25) is 10.0 Å². The van der Waals surface area contributed by atoms with Gasteiger partial charge in [-0.3, -0.25) is 9.59 Å². The molecule has 1 N–H and O–H groups in total. The molecule has 1 unspecified atom stereocenters. The number of carbonyl (C=O) groups is 2. The number of aryl methyl sites for hydroxylation is 1. The summed E-state index contributed by atoms with van der Waals surface area (Å²) in [5.74, 6) is -0.329. The number of Topliss-reactive ketones (excluding diaryl/α,β-unsaturated/α-hetero) is 1. The molecule has 1 amide bonds. The first-order valence-electron chi connectivity index (χ1n) is 8.45. The number of rotatable bonds is 6. The molecule has 0 radical (unpaired) electrons. The lowest BCUT2D eigenvalue weighted by Gasteiger charge is -2.22. The molecule has 1 aliphatic rings. The average Bonchev–Trinajstić information content (AvgIpc) is 2.77. The molecule has 1 atom stereocenters. The molecule has 0 aliphatic carbocycles. The van der Waals surface area contributed by atoms with E-state index >= 15 is 0 Å². The largest absolute Gasteiger partial charge is 0.490 e. The monoisotopic (exact) mass is 407 g/mol. The molecule has 3 rings (SSSR count). The van der Waals surface area contributed by atoms with Crippen LogP contribution in [0, 0.1) is 6.92 Å². The Hall–Kier alpha value is -2.08. The number of benzene rings is 2. The van der Waals surface area contributed by atoms with Crippen LogP contribution in [0.3, 0.4) is 0 Å². The summed E-state index contributed by atoms with van der Waals surface area (Å²) < 4.78 is 5.66. The SMILES string of the molecule is CC(=O)CC1(O)C(=O)N(CCOc2ccc(Cl)cc2Cl)c2ccc(C)cc21. The fraction of sp³-hybridized carbons (Fsp3) is 0.300. The fourth-order valence-corrected chi connectivity index (χ4v) is 3.72. The van der Waals surface area contributed by atoms with Gasteiger partial charge < -0.3 is 14.7 Å². The third-order valence-electron chi connectivity index (χ3n) is 4.46. The van der Waals surface area contributed by atoms with Crippen molar-refractivity contribution in [2.24, 2.45) is 0 Å². The predicted octanol–water partition coefficient (Wildman–Crippen LogP) is 3.89. The van der Waals surface area contributed by atoms with Crippen molar-refractivity contribution < 1.29 is 19.4 Å². The normalized spacial score (nSPS) is 18.6. The zero-order valence-electron chi connectivity index (χ0n) is 15.0. The van der Waals surface area contributed by atoms with Crippen LogP contribution < -0.4 is 9.64 Å². The van der Waals surface area contributed by atoms with Crippen molar-refractivity contribution in [2.45, 2.75) is 25.9 Å². The molecule has 0 fully saturated rings. The molecule has 0 saturated heterocycles. The first-order valence-corrected chi connectivity index (χ1v) is 9.21. The van der Waals surface area contributed by atoms with Gasteiger partial charge in [-0.25, -0.2) is 0 Å². The molecule has 1 aliphatic heterocycles. The lowest BCUT2D eigenvalue weighted by molar-refractivity contribution is -0.141. The highest BCUT2D eigenvalue weighted by Gasteiger charge is 2.50. The van der Waals surface area contributed by atoms with Crippen molar-refractivity contribution in [1.29, 1.82) is 0 Å². The standard InChI is InChI=1S/C20H19Cl2NO4/c1-12-3-5-17-15(9-12)20(26,11-13(2)24)19(25)23(17)7-8-27-18-6-4-14(21)10-16(18)22/h3-6,9-10,26H,7-8,11H2,1-2H3. The summed E-state index contributed by atoms with van der Waals surface area (Å²) >= 11 is 12.0. The van der Waals surface area contributed by atoms with E-state index in [1.54, 1.807) is 30.3 Å². The van der Waals surface area contributed by atoms with Gasteiger partial charge in [0.05, 0.1) is 17.3 Å². The van der Waals surface area contributed by atoms with Gasteiger partial charge in [0.15, 0.2) is 5.60 Å². The molecular weight excluding hydrogens is 389 g/mol. The molecule has 2 aromatic carbocycles. The first kappa shape index (κ1) is 19.7. The van der Waals surface area contributed by atoms with Crippen LogP contribution in [0.5, 0.6) is 5.75 Å². The highest BCUT2D eigenvalue weighted by atomic mass is 35.5. The number of nitrogens with zero attached hydrogens (tertiary/aromatic N) is 1. The van der Waals surface area contributed by atoms with Crippen LogP contribution in [0.25, 0.3) is 0 Å². The number of ether oxygens (including phenoxy) is 1. The summed E-state index contributed by atoms with van der Waals surface area (Å²) in [5.41, 5.74) is 0.0902. The molecule has 27 heavy (non-hydrogen) atoms. The van der Waals surface area contributed by atoms with Crippen molar-refractivity contribution in [3.63, 3.8) is 0 Å². The Morgan fingerprint density at radius 1 is 1.22 bits per heavy atom. The van der Waals surface area contributed by atoms with Crippen molar-refractivity contribution in [2.75, 3.05) is 18.1 Å². The number of anilines is 1. The van der Waals surface area contributed by atoms with Crippen molar-refractivity contribution in [3.05, 3.63) is 57.6 Å². The Bertz CT molecular complexity index is 915. The minimum atomic E-state index is -1.84. The highest BCUT2D eigenvalue weighted by Crippen LogP contribution is 2.43. The summed E-state index contributed by atoms with van der Waals surface area (Å²) in [6, 6.07) is 10.3. The van der Waals surface area contributed by atoms with Crippen molar-refractivity contribution >= 4 is 40.6 Å². The van der Waals surface area contributed by atoms with Crippen LogP contribution in [0.1, 0.15) is 24.5 Å². The summed E-state index contributed by atoms with van der Waals surface area (Å²) in [5, 5.41) is 11.9. The predicted molar refractivity (Wildman–Crippen MR) is 105 cm³/mol. The summed E-state index contributed by atoms with van der Waals surface area (Å²) in [6.45, 7) is 3.59. The van der Waals surface area contributed by atoms with Gasteiger partial charge in [-0.05, 0) is 38.1 Å². The van der Waals surface area contributed by atoms with E-state index in [4.69, 9.17) is 27.9 Å². The smallest absolute Gasteiger partial charge is 0.264 e. The van der Waals surface area contributed by atoms with Crippen LogP contribution >= 0.6 is 23.2 Å². The Morgan fingerprint density at radius 3 is 2.63 bits per heavy atom. The molecule has 1 heterocycles. The molecule has 0 aromatic heterocycles. The van der Waals surface area contributed by atoms with Crippen LogP contribution in [-0.4, -0.2) is 29.9 Å². The van der Waals surface area contributed by atoms with Crippen molar-refractivity contribution in [3.8, 4) is 5.75 Å². The van der Waals surface area contributed by atoms with E-state index < -0.39 is 11.5 Å². The van der Waals surface area contributed by atoms with Gasteiger partial charge in [-0.15, -0.1) is 0 Å². The van der Waals surface area contributed by atoms with Crippen LogP contribution in [-0.2, 0) is 15.2 Å². The zero-order valence-corrected chi connectivity index (χ0v) is 16.5. The minimum absolute atomic E-state index is 0.163.